The Labute approximate surface area is 155 Å². The van der Waals surface area contributed by atoms with Gasteiger partial charge in [0.1, 0.15) is 5.82 Å². The highest BCUT2D eigenvalue weighted by Gasteiger charge is 2.16. The van der Waals surface area contributed by atoms with E-state index in [0.717, 1.165) is 10.8 Å². The number of hydrogen-bond acceptors (Lipinski definition) is 3. The van der Waals surface area contributed by atoms with Gasteiger partial charge in [0.15, 0.2) is 0 Å². The van der Waals surface area contributed by atoms with E-state index in [1.165, 1.54) is 24.3 Å². The lowest BCUT2D eigenvalue weighted by atomic mass is 10.0. The lowest BCUT2D eigenvalue weighted by molar-refractivity contribution is -0.139. The van der Waals surface area contributed by atoms with Crippen LogP contribution in [0.4, 0.5) is 4.39 Å². The van der Waals surface area contributed by atoms with Crippen LogP contribution in [0.25, 0.3) is 10.8 Å². The Balaban J connectivity index is 1.54. The number of carbonyl (C=O) groups is 2. The zero-order valence-electron chi connectivity index (χ0n) is 14.5. The molecule has 0 bridgehead atoms. The van der Waals surface area contributed by atoms with Gasteiger partial charge in [0.25, 0.3) is 0 Å². The van der Waals surface area contributed by atoms with Crippen molar-refractivity contribution < 1.29 is 19.1 Å². The van der Waals surface area contributed by atoms with Crippen molar-refractivity contribution in [2.24, 2.45) is 0 Å². The molecule has 6 heteroatoms. The summed E-state index contributed by atoms with van der Waals surface area (Å²) in [4.78, 5) is 23.8. The minimum atomic E-state index is -0.940. The van der Waals surface area contributed by atoms with Crippen LogP contribution < -0.4 is 10.6 Å². The molecule has 5 nitrogen and oxygen atoms in total. The van der Waals surface area contributed by atoms with Gasteiger partial charge in [0.05, 0.1) is 6.10 Å². The minimum absolute atomic E-state index is 0.0865. The number of aliphatic hydroxyl groups excluding tert-OH is 1. The Kier molecular flexibility index (Phi) is 5.78. The number of hydrogen-bond donors (Lipinski definition) is 3. The summed E-state index contributed by atoms with van der Waals surface area (Å²) >= 11 is 0. The quantitative estimate of drug-likeness (QED) is 0.607. The fourth-order valence-electron chi connectivity index (χ4n) is 2.79. The van der Waals surface area contributed by atoms with Gasteiger partial charge in [-0.05, 0) is 34.0 Å². The van der Waals surface area contributed by atoms with Crippen molar-refractivity contribution >= 4 is 22.6 Å². The van der Waals surface area contributed by atoms with Crippen LogP contribution in [0.2, 0.25) is 0 Å². The van der Waals surface area contributed by atoms with E-state index in [0.29, 0.717) is 11.1 Å². The Morgan fingerprint density at radius 2 is 1.56 bits per heavy atom. The average Bonchev–Trinajstić information content (AvgIpc) is 2.70. The Morgan fingerprint density at radius 3 is 2.33 bits per heavy atom. The second-order valence-electron chi connectivity index (χ2n) is 6.10. The molecule has 138 valence electrons. The highest BCUT2D eigenvalue weighted by atomic mass is 19.1. The smallest absolute Gasteiger partial charge is 0.309 e. The molecule has 0 heterocycles. The van der Waals surface area contributed by atoms with Crippen molar-refractivity contribution in [2.75, 3.05) is 6.54 Å². The van der Waals surface area contributed by atoms with E-state index in [-0.39, 0.29) is 18.9 Å². The second kappa shape index (κ2) is 8.42. The molecule has 0 saturated carbocycles. The first kappa shape index (κ1) is 18.5. The first-order valence-electron chi connectivity index (χ1n) is 8.51. The van der Waals surface area contributed by atoms with E-state index in [9.17, 15) is 19.1 Å². The van der Waals surface area contributed by atoms with E-state index in [2.05, 4.69) is 10.6 Å². The van der Waals surface area contributed by atoms with E-state index >= 15 is 0 Å². The molecule has 0 aliphatic rings. The fourth-order valence-corrected chi connectivity index (χ4v) is 2.79. The van der Waals surface area contributed by atoms with Crippen LogP contribution in [0, 0.1) is 5.82 Å². The number of amides is 2. The van der Waals surface area contributed by atoms with Crippen LogP contribution >= 0.6 is 0 Å². The summed E-state index contributed by atoms with van der Waals surface area (Å²) in [6.45, 7) is 0.0230. The maximum absolute atomic E-state index is 12.9. The van der Waals surface area contributed by atoms with Crippen molar-refractivity contribution in [3.05, 3.63) is 83.7 Å². The van der Waals surface area contributed by atoms with Gasteiger partial charge in [-0.1, -0.05) is 54.6 Å². The highest BCUT2D eigenvalue weighted by Crippen LogP contribution is 2.23. The maximum atomic E-state index is 12.9. The zero-order chi connectivity index (χ0) is 19.2. The second-order valence-corrected chi connectivity index (χ2v) is 6.10. The molecule has 0 aliphatic carbocycles. The summed E-state index contributed by atoms with van der Waals surface area (Å²) in [6.07, 6.45) is -0.940. The van der Waals surface area contributed by atoms with Gasteiger partial charge in [-0.2, -0.15) is 0 Å². The SMILES string of the molecule is O=C(NCc1ccc(F)cc1)C(=O)NCC(O)c1cccc2ccccc12. The first-order valence-corrected chi connectivity index (χ1v) is 8.51. The molecule has 0 spiro atoms. The molecule has 0 radical (unpaired) electrons. The normalized spacial score (nSPS) is 11.8. The van der Waals surface area contributed by atoms with Gasteiger partial charge < -0.3 is 15.7 Å². The van der Waals surface area contributed by atoms with Crippen molar-refractivity contribution in [3.8, 4) is 0 Å². The van der Waals surface area contributed by atoms with E-state index in [1.807, 2.05) is 36.4 Å². The molecular weight excluding hydrogens is 347 g/mol. The summed E-state index contributed by atoms with van der Waals surface area (Å²) in [5.74, 6) is -2.02. The monoisotopic (exact) mass is 366 g/mol. The molecule has 1 unspecified atom stereocenters. The molecule has 2 amide bonds. The zero-order valence-corrected chi connectivity index (χ0v) is 14.5. The van der Waals surface area contributed by atoms with Crippen molar-refractivity contribution in [2.45, 2.75) is 12.6 Å². The summed E-state index contributed by atoms with van der Waals surface area (Å²) in [6, 6.07) is 18.8. The number of nitrogens with one attached hydrogen (secondary N) is 2. The van der Waals surface area contributed by atoms with E-state index in [4.69, 9.17) is 0 Å². The molecule has 3 aromatic carbocycles. The molecule has 0 saturated heterocycles. The molecule has 27 heavy (non-hydrogen) atoms. The molecule has 3 rings (SSSR count). The van der Waals surface area contributed by atoms with Crippen LogP contribution in [0.1, 0.15) is 17.2 Å². The van der Waals surface area contributed by atoms with Gasteiger partial charge in [-0.25, -0.2) is 4.39 Å². The molecule has 0 fully saturated rings. The third-order valence-electron chi connectivity index (χ3n) is 4.21. The predicted molar refractivity (Wildman–Crippen MR) is 100 cm³/mol. The third-order valence-corrected chi connectivity index (χ3v) is 4.21. The van der Waals surface area contributed by atoms with E-state index < -0.39 is 17.9 Å². The molecule has 1 atom stereocenters. The maximum Gasteiger partial charge on any atom is 0.309 e. The molecule has 0 aliphatic heterocycles. The van der Waals surface area contributed by atoms with Gasteiger partial charge >= 0.3 is 11.8 Å². The van der Waals surface area contributed by atoms with E-state index in [1.54, 1.807) is 6.07 Å². The molecule has 3 N–H and O–H groups in total. The van der Waals surface area contributed by atoms with Crippen molar-refractivity contribution in [1.29, 1.82) is 0 Å². The Bertz CT molecular complexity index is 952. The lowest BCUT2D eigenvalue weighted by Gasteiger charge is -2.14. The van der Waals surface area contributed by atoms with Crippen LogP contribution in [0.5, 0.6) is 0 Å². The lowest BCUT2D eigenvalue weighted by Crippen LogP contribution is -2.41. The highest BCUT2D eigenvalue weighted by molar-refractivity contribution is 6.35. The fraction of sp³-hybridized carbons (Fsp3) is 0.143. The first-order chi connectivity index (χ1) is 13.0. The number of benzene rings is 3. The standard InChI is InChI=1S/C21H19FN2O3/c22-16-10-8-14(9-11-16)12-23-20(26)21(27)24-13-19(25)18-7-3-5-15-4-1-2-6-17(15)18/h1-11,19,25H,12-13H2,(H,23,26)(H,24,27). The minimum Gasteiger partial charge on any atom is -0.387 e. The number of rotatable bonds is 5. The third kappa shape index (κ3) is 4.68. The summed E-state index contributed by atoms with van der Waals surface area (Å²) in [7, 11) is 0. The van der Waals surface area contributed by atoms with Crippen molar-refractivity contribution in [1.82, 2.24) is 10.6 Å². The predicted octanol–water partition coefficient (Wildman–Crippen LogP) is 2.44. The topological polar surface area (TPSA) is 78.4 Å². The van der Waals surface area contributed by atoms with Gasteiger partial charge in [-0.15, -0.1) is 0 Å². The van der Waals surface area contributed by atoms with Gasteiger partial charge in [0, 0.05) is 13.1 Å². The summed E-state index contributed by atoms with van der Waals surface area (Å²) in [5, 5.41) is 17.2. The van der Waals surface area contributed by atoms with Crippen LogP contribution in [-0.4, -0.2) is 23.5 Å². The largest absolute Gasteiger partial charge is 0.387 e. The van der Waals surface area contributed by atoms with Crippen LogP contribution in [0.15, 0.2) is 66.7 Å². The summed E-state index contributed by atoms with van der Waals surface area (Å²) in [5.41, 5.74) is 1.36. The summed E-state index contributed by atoms with van der Waals surface area (Å²) < 4.78 is 12.9. The Morgan fingerprint density at radius 1 is 0.889 bits per heavy atom. The average molecular weight is 366 g/mol. The molecule has 3 aromatic rings. The Hall–Kier alpha value is -3.25. The molecular formula is C21H19FN2O3. The van der Waals surface area contributed by atoms with Crippen LogP contribution in [0.3, 0.4) is 0 Å². The van der Waals surface area contributed by atoms with Gasteiger partial charge in [0.2, 0.25) is 0 Å². The number of halogens is 1. The van der Waals surface area contributed by atoms with Crippen molar-refractivity contribution in [3.63, 3.8) is 0 Å². The number of carbonyl (C=O) groups excluding carboxylic acids is 2. The van der Waals surface area contributed by atoms with Gasteiger partial charge in [-0.3, -0.25) is 9.59 Å². The molecule has 0 aromatic heterocycles. The number of aliphatic hydroxyl groups is 1. The van der Waals surface area contributed by atoms with Crippen LogP contribution in [-0.2, 0) is 16.1 Å². The number of fused-ring (bicyclic) bond motifs is 1.